The van der Waals surface area contributed by atoms with Crippen molar-refractivity contribution in [3.63, 3.8) is 0 Å². The van der Waals surface area contributed by atoms with Crippen LogP contribution in [0.2, 0.25) is 0 Å². The van der Waals surface area contributed by atoms with Crippen molar-refractivity contribution in [2.45, 2.75) is 39.5 Å². The van der Waals surface area contributed by atoms with Crippen LogP contribution >= 0.6 is 12.2 Å². The Morgan fingerprint density at radius 1 is 1.26 bits per heavy atom. The van der Waals surface area contributed by atoms with E-state index in [0.717, 1.165) is 6.07 Å². The number of hydrogen-bond donors (Lipinski definition) is 1. The van der Waals surface area contributed by atoms with Gasteiger partial charge in [-0.25, -0.2) is 0 Å². The lowest BCUT2D eigenvalue weighted by Gasteiger charge is -2.42. The van der Waals surface area contributed by atoms with Crippen molar-refractivity contribution in [1.29, 1.82) is 0 Å². The second kappa shape index (κ2) is 8.03. The monoisotopic (exact) mass is 451 g/mol. The van der Waals surface area contributed by atoms with E-state index in [1.54, 1.807) is 37.9 Å². The van der Waals surface area contributed by atoms with Crippen molar-refractivity contribution in [2.75, 3.05) is 13.6 Å². The second-order valence-corrected chi connectivity index (χ2v) is 8.11. The smallest absolute Gasteiger partial charge is 0.416 e. The molecule has 1 aromatic heterocycles. The molecule has 1 N–H and O–H groups in total. The zero-order valence-corrected chi connectivity index (χ0v) is 18.7. The second-order valence-electron chi connectivity index (χ2n) is 7.72. The highest BCUT2D eigenvalue weighted by molar-refractivity contribution is 7.80. The number of nitrogens with zero attached hydrogens (tertiary/aromatic N) is 2. The van der Waals surface area contributed by atoms with Crippen LogP contribution in [0, 0.1) is 6.92 Å². The summed E-state index contributed by atoms with van der Waals surface area (Å²) in [6.45, 7) is 7.41. The van der Waals surface area contributed by atoms with Gasteiger partial charge < -0.3 is 15.0 Å². The molecule has 0 aliphatic carbocycles. The molecule has 2 heterocycles. The number of alkyl halides is 3. The van der Waals surface area contributed by atoms with Gasteiger partial charge in [0, 0.05) is 31.4 Å². The van der Waals surface area contributed by atoms with Crippen molar-refractivity contribution >= 4 is 23.0 Å². The minimum absolute atomic E-state index is 0.0217. The summed E-state index contributed by atoms with van der Waals surface area (Å²) in [5, 5.41) is 3.41. The Hall–Kier alpha value is -2.81. The molecule has 3 rings (SSSR count). The minimum Gasteiger partial charge on any atom is -0.481 e. The Morgan fingerprint density at radius 2 is 1.94 bits per heavy atom. The largest absolute Gasteiger partial charge is 0.481 e. The molecule has 1 aliphatic heterocycles. The predicted octanol–water partition coefficient (Wildman–Crippen LogP) is 4.39. The molecule has 5 nitrogen and oxygen atoms in total. The number of rotatable bonds is 3. The summed E-state index contributed by atoms with van der Waals surface area (Å²) in [7, 11) is 1.70. The van der Waals surface area contributed by atoms with Gasteiger partial charge in [0.05, 0.1) is 17.0 Å². The summed E-state index contributed by atoms with van der Waals surface area (Å²) < 4.78 is 48.6. The Morgan fingerprint density at radius 3 is 2.52 bits per heavy atom. The number of fused-ring (bicyclic) bond motifs is 1. The fourth-order valence-electron chi connectivity index (χ4n) is 3.88. The van der Waals surface area contributed by atoms with E-state index in [9.17, 15) is 18.0 Å². The van der Waals surface area contributed by atoms with Crippen molar-refractivity contribution in [2.24, 2.45) is 0 Å². The fourth-order valence-corrected chi connectivity index (χ4v) is 4.12. The Bertz CT molecular complexity index is 1120. The van der Waals surface area contributed by atoms with E-state index in [1.165, 1.54) is 29.8 Å². The van der Waals surface area contributed by atoms with E-state index in [-0.39, 0.29) is 22.4 Å². The summed E-state index contributed by atoms with van der Waals surface area (Å²) in [4.78, 5) is 14.4. The lowest BCUT2D eigenvalue weighted by atomic mass is 9.89. The van der Waals surface area contributed by atoms with Crippen LogP contribution in [-0.2, 0) is 6.18 Å². The lowest BCUT2D eigenvalue weighted by Crippen LogP contribution is -2.48. The average Bonchev–Trinajstić information content (AvgIpc) is 2.65. The Kier molecular flexibility index (Phi) is 5.92. The summed E-state index contributed by atoms with van der Waals surface area (Å²) in [5.74, 6) is 0.271. The number of aromatic nitrogens is 1. The number of benzene rings is 1. The fraction of sp³-hybridized carbons (Fsp3) is 0.364. The molecule has 2 aromatic rings. The van der Waals surface area contributed by atoms with Crippen molar-refractivity contribution in [3.8, 4) is 5.75 Å². The quantitative estimate of drug-likeness (QED) is 0.702. The van der Waals surface area contributed by atoms with E-state index < -0.39 is 17.3 Å². The molecule has 9 heteroatoms. The van der Waals surface area contributed by atoms with Crippen LogP contribution in [0.5, 0.6) is 5.75 Å². The average molecular weight is 452 g/mol. The Labute approximate surface area is 184 Å². The maximum atomic E-state index is 13.7. The molecule has 166 valence electrons. The maximum absolute atomic E-state index is 13.7. The molecule has 0 radical (unpaired) electrons. The zero-order valence-electron chi connectivity index (χ0n) is 17.9. The first-order valence-corrected chi connectivity index (χ1v) is 10.2. The lowest BCUT2D eigenvalue weighted by molar-refractivity contribution is -0.138. The number of ether oxygens (including phenoxy) is 1. The first-order chi connectivity index (χ1) is 14.4. The molecule has 0 bridgehead atoms. The molecular weight excluding hydrogens is 427 g/mol. The van der Waals surface area contributed by atoms with Gasteiger partial charge in [0.25, 0.3) is 5.56 Å². The van der Waals surface area contributed by atoms with Crippen LogP contribution in [0.15, 0.2) is 47.0 Å². The SMILES string of the molecule is CCNC(=S)N(C)C1=C(n2ccccc2=O)c2c(ccc(C(F)(F)F)c2C)OC1(C)C. The van der Waals surface area contributed by atoms with E-state index in [2.05, 4.69) is 5.32 Å². The number of pyridine rings is 1. The van der Waals surface area contributed by atoms with E-state index >= 15 is 0 Å². The normalized spacial score (nSPS) is 15.2. The van der Waals surface area contributed by atoms with Gasteiger partial charge in [0.15, 0.2) is 5.11 Å². The molecule has 0 spiro atoms. The number of halogens is 3. The van der Waals surface area contributed by atoms with Gasteiger partial charge in [-0.1, -0.05) is 6.07 Å². The molecule has 0 saturated heterocycles. The van der Waals surface area contributed by atoms with Gasteiger partial charge in [-0.15, -0.1) is 0 Å². The van der Waals surface area contributed by atoms with Crippen LogP contribution < -0.4 is 15.6 Å². The van der Waals surface area contributed by atoms with Crippen LogP contribution in [0.4, 0.5) is 13.2 Å². The zero-order chi connectivity index (χ0) is 23.1. The highest BCUT2D eigenvalue weighted by Crippen LogP contribution is 2.46. The van der Waals surface area contributed by atoms with Crippen molar-refractivity contribution in [3.05, 3.63) is 69.3 Å². The molecule has 0 atom stereocenters. The molecule has 1 aliphatic rings. The molecule has 0 fully saturated rings. The van der Waals surface area contributed by atoms with E-state index in [0.29, 0.717) is 23.1 Å². The molecule has 0 amide bonds. The first-order valence-electron chi connectivity index (χ1n) is 9.74. The molecule has 1 aromatic carbocycles. The summed E-state index contributed by atoms with van der Waals surface area (Å²) in [6, 6.07) is 6.91. The third kappa shape index (κ3) is 4.06. The number of thiocarbonyl (C=S) groups is 1. The number of likely N-dealkylation sites (N-methyl/N-ethyl adjacent to an activating group) is 1. The van der Waals surface area contributed by atoms with Crippen molar-refractivity contribution in [1.82, 2.24) is 14.8 Å². The maximum Gasteiger partial charge on any atom is 0.416 e. The Balaban J connectivity index is 2.47. The van der Waals surface area contributed by atoms with Gasteiger partial charge in [0.2, 0.25) is 0 Å². The number of nitrogens with one attached hydrogen (secondary N) is 1. The summed E-state index contributed by atoms with van der Waals surface area (Å²) >= 11 is 5.47. The summed E-state index contributed by atoms with van der Waals surface area (Å²) in [6.07, 6.45) is -3.02. The number of hydrogen-bond acceptors (Lipinski definition) is 3. The van der Waals surface area contributed by atoms with Gasteiger partial charge in [0.1, 0.15) is 11.4 Å². The third-order valence-electron chi connectivity index (χ3n) is 5.16. The predicted molar refractivity (Wildman–Crippen MR) is 118 cm³/mol. The van der Waals surface area contributed by atoms with Crippen LogP contribution in [0.1, 0.15) is 37.5 Å². The topological polar surface area (TPSA) is 46.5 Å². The van der Waals surface area contributed by atoms with Gasteiger partial charge in [-0.2, -0.15) is 13.2 Å². The van der Waals surface area contributed by atoms with Crippen molar-refractivity contribution < 1.29 is 17.9 Å². The third-order valence-corrected chi connectivity index (χ3v) is 5.58. The molecule has 0 saturated carbocycles. The standard InChI is InChI=1S/C22H24F3N3O2S/c1-6-26-20(31)27(5)19-18(28-12-8-7-9-16(28)29)17-13(2)14(22(23,24)25)10-11-15(17)30-21(19,3)4/h7-12H,6H2,1-5H3,(H,26,31). The summed E-state index contributed by atoms with van der Waals surface area (Å²) in [5.41, 5.74) is -1.18. The highest BCUT2D eigenvalue weighted by atomic mass is 32.1. The highest BCUT2D eigenvalue weighted by Gasteiger charge is 2.42. The molecular formula is C22H24F3N3O2S. The van der Waals surface area contributed by atoms with Crippen LogP contribution in [-0.4, -0.2) is 33.8 Å². The first kappa shape index (κ1) is 22.9. The minimum atomic E-state index is -4.55. The van der Waals surface area contributed by atoms with Gasteiger partial charge in [-0.3, -0.25) is 9.36 Å². The van der Waals surface area contributed by atoms with Gasteiger partial charge >= 0.3 is 6.18 Å². The van der Waals surface area contributed by atoms with Crippen LogP contribution in [0.25, 0.3) is 5.70 Å². The molecule has 0 unspecified atom stereocenters. The van der Waals surface area contributed by atoms with E-state index in [1.807, 2.05) is 6.92 Å². The van der Waals surface area contributed by atoms with Gasteiger partial charge in [-0.05, 0) is 63.7 Å². The molecule has 31 heavy (non-hydrogen) atoms. The van der Waals surface area contributed by atoms with E-state index in [4.69, 9.17) is 17.0 Å². The van der Waals surface area contributed by atoms with Crippen LogP contribution in [0.3, 0.4) is 0 Å².